The van der Waals surface area contributed by atoms with Gasteiger partial charge in [-0.15, -0.1) is 0 Å². The van der Waals surface area contributed by atoms with Crippen molar-refractivity contribution in [2.75, 3.05) is 6.54 Å². The van der Waals surface area contributed by atoms with Crippen molar-refractivity contribution in [3.8, 4) is 0 Å². The topological polar surface area (TPSA) is 49.4 Å². The maximum Gasteiger partial charge on any atom is 0.243 e. The summed E-state index contributed by atoms with van der Waals surface area (Å²) in [5.41, 5.74) is 3.34. The molecule has 4 heteroatoms. The highest BCUT2D eigenvalue weighted by Gasteiger charge is 2.30. The lowest BCUT2D eigenvalue weighted by atomic mass is 10.0. The molecule has 1 aliphatic rings. The smallest absolute Gasteiger partial charge is 0.243 e. The van der Waals surface area contributed by atoms with E-state index in [2.05, 4.69) is 17.4 Å². The number of benzene rings is 2. The quantitative estimate of drug-likeness (QED) is 0.669. The summed E-state index contributed by atoms with van der Waals surface area (Å²) in [5.74, 6) is 0.0120. The molecule has 0 heterocycles. The summed E-state index contributed by atoms with van der Waals surface area (Å²) in [6.45, 7) is 4.58. The number of amides is 2. The lowest BCUT2D eigenvalue weighted by Gasteiger charge is -2.31. The predicted octanol–water partition coefficient (Wildman–Crippen LogP) is 4.45. The molecule has 4 nitrogen and oxygen atoms in total. The molecule has 2 aromatic carbocycles. The van der Waals surface area contributed by atoms with Crippen LogP contribution in [0.15, 0.2) is 54.6 Å². The van der Waals surface area contributed by atoms with Gasteiger partial charge in [-0.05, 0) is 43.7 Å². The Balaban J connectivity index is 1.74. The number of carbonyl (C=O) groups excluding carboxylic acids is 2. The van der Waals surface area contributed by atoms with Crippen LogP contribution in [0.5, 0.6) is 0 Å². The van der Waals surface area contributed by atoms with Crippen LogP contribution in [0.4, 0.5) is 0 Å². The average Bonchev–Trinajstić information content (AvgIpc) is 3.26. The molecule has 2 aromatic rings. The Bertz CT molecular complexity index is 811. The second kappa shape index (κ2) is 11.0. The molecule has 1 N–H and O–H groups in total. The number of carbonyl (C=O) groups is 2. The van der Waals surface area contributed by atoms with Crippen LogP contribution in [-0.4, -0.2) is 35.3 Å². The van der Waals surface area contributed by atoms with Gasteiger partial charge in [-0.3, -0.25) is 9.59 Å². The molecule has 1 saturated carbocycles. The van der Waals surface area contributed by atoms with Crippen molar-refractivity contribution in [3.63, 3.8) is 0 Å². The molecule has 160 valence electrons. The Hall–Kier alpha value is -2.62. The molecule has 0 aliphatic heterocycles. The molecule has 1 fully saturated rings. The highest BCUT2D eigenvalue weighted by molar-refractivity contribution is 5.88. The fraction of sp³-hybridized carbons (Fsp3) is 0.462. The lowest BCUT2D eigenvalue weighted by Crippen LogP contribution is -2.52. The highest BCUT2D eigenvalue weighted by atomic mass is 16.2. The SMILES string of the molecule is CC[C@H](C(=O)NC1CCCC1)N(CCc1ccccc1)C(=O)Cc1ccc(C)cc1. The van der Waals surface area contributed by atoms with E-state index in [-0.39, 0.29) is 17.9 Å². The zero-order valence-electron chi connectivity index (χ0n) is 18.3. The van der Waals surface area contributed by atoms with E-state index in [1.165, 1.54) is 24.0 Å². The Morgan fingerprint density at radius 1 is 1.00 bits per heavy atom. The molecular weight excluding hydrogens is 372 g/mol. The van der Waals surface area contributed by atoms with Crippen molar-refractivity contribution in [2.45, 2.75) is 70.9 Å². The molecule has 1 atom stereocenters. The summed E-state index contributed by atoms with van der Waals surface area (Å²) in [7, 11) is 0. The first-order valence-corrected chi connectivity index (χ1v) is 11.3. The van der Waals surface area contributed by atoms with Gasteiger partial charge in [0.1, 0.15) is 6.04 Å². The molecule has 0 radical (unpaired) electrons. The van der Waals surface area contributed by atoms with E-state index in [0.717, 1.165) is 24.8 Å². The summed E-state index contributed by atoms with van der Waals surface area (Å²) >= 11 is 0. The van der Waals surface area contributed by atoms with Crippen molar-refractivity contribution in [2.24, 2.45) is 0 Å². The normalized spacial score (nSPS) is 15.0. The van der Waals surface area contributed by atoms with Gasteiger partial charge in [0.25, 0.3) is 0 Å². The van der Waals surface area contributed by atoms with E-state index in [4.69, 9.17) is 0 Å². The monoisotopic (exact) mass is 406 g/mol. The fourth-order valence-corrected chi connectivity index (χ4v) is 4.25. The first-order valence-electron chi connectivity index (χ1n) is 11.3. The summed E-state index contributed by atoms with van der Waals surface area (Å²) in [6.07, 6.45) is 6.12. The Morgan fingerprint density at radius 3 is 2.30 bits per heavy atom. The second-order valence-electron chi connectivity index (χ2n) is 8.40. The second-order valence-corrected chi connectivity index (χ2v) is 8.40. The van der Waals surface area contributed by atoms with E-state index < -0.39 is 6.04 Å². The number of aryl methyl sites for hydroxylation is 1. The zero-order chi connectivity index (χ0) is 21.3. The number of nitrogens with one attached hydrogen (secondary N) is 1. The van der Waals surface area contributed by atoms with Gasteiger partial charge in [-0.1, -0.05) is 79.9 Å². The minimum absolute atomic E-state index is 0.00489. The maximum absolute atomic E-state index is 13.3. The van der Waals surface area contributed by atoms with Gasteiger partial charge in [0.2, 0.25) is 11.8 Å². The molecular formula is C26H34N2O2. The summed E-state index contributed by atoms with van der Waals surface area (Å²) in [5, 5.41) is 3.20. The van der Waals surface area contributed by atoms with Crippen LogP contribution in [0.2, 0.25) is 0 Å². The first-order chi connectivity index (χ1) is 14.6. The van der Waals surface area contributed by atoms with Crippen molar-refractivity contribution >= 4 is 11.8 Å². The van der Waals surface area contributed by atoms with Gasteiger partial charge in [-0.2, -0.15) is 0 Å². The van der Waals surface area contributed by atoms with Gasteiger partial charge >= 0.3 is 0 Å². The minimum Gasteiger partial charge on any atom is -0.352 e. The van der Waals surface area contributed by atoms with Gasteiger partial charge in [0, 0.05) is 12.6 Å². The largest absolute Gasteiger partial charge is 0.352 e. The van der Waals surface area contributed by atoms with Crippen LogP contribution in [0.3, 0.4) is 0 Å². The Morgan fingerprint density at radius 2 is 1.67 bits per heavy atom. The number of hydrogen-bond donors (Lipinski definition) is 1. The molecule has 3 rings (SSSR count). The molecule has 0 aromatic heterocycles. The van der Waals surface area contributed by atoms with Crippen molar-refractivity contribution in [1.82, 2.24) is 10.2 Å². The third-order valence-corrected chi connectivity index (χ3v) is 6.05. The molecule has 1 aliphatic carbocycles. The number of hydrogen-bond acceptors (Lipinski definition) is 2. The molecule has 0 unspecified atom stereocenters. The minimum atomic E-state index is -0.424. The number of nitrogens with zero attached hydrogens (tertiary/aromatic N) is 1. The van der Waals surface area contributed by atoms with Crippen LogP contribution in [-0.2, 0) is 22.4 Å². The van der Waals surface area contributed by atoms with Crippen molar-refractivity contribution < 1.29 is 9.59 Å². The highest BCUT2D eigenvalue weighted by Crippen LogP contribution is 2.19. The summed E-state index contributed by atoms with van der Waals surface area (Å²) < 4.78 is 0. The van der Waals surface area contributed by atoms with Gasteiger partial charge < -0.3 is 10.2 Å². The lowest BCUT2D eigenvalue weighted by molar-refractivity contribution is -0.140. The van der Waals surface area contributed by atoms with Crippen LogP contribution < -0.4 is 5.32 Å². The van der Waals surface area contributed by atoms with Crippen LogP contribution in [0.1, 0.15) is 55.7 Å². The first kappa shape index (κ1) is 22.1. The molecule has 0 spiro atoms. The van der Waals surface area contributed by atoms with E-state index >= 15 is 0 Å². The maximum atomic E-state index is 13.3. The van der Waals surface area contributed by atoms with E-state index in [0.29, 0.717) is 19.4 Å². The van der Waals surface area contributed by atoms with Crippen molar-refractivity contribution in [3.05, 3.63) is 71.3 Å². The van der Waals surface area contributed by atoms with Gasteiger partial charge in [-0.25, -0.2) is 0 Å². The fourth-order valence-electron chi connectivity index (χ4n) is 4.25. The van der Waals surface area contributed by atoms with E-state index in [1.54, 1.807) is 4.90 Å². The Labute approximate surface area is 180 Å². The Kier molecular flexibility index (Phi) is 8.06. The van der Waals surface area contributed by atoms with Crippen LogP contribution >= 0.6 is 0 Å². The summed E-state index contributed by atoms with van der Waals surface area (Å²) in [4.78, 5) is 28.2. The molecule has 0 saturated heterocycles. The van der Waals surface area contributed by atoms with Gasteiger partial charge in [0.15, 0.2) is 0 Å². The molecule has 30 heavy (non-hydrogen) atoms. The van der Waals surface area contributed by atoms with E-state index in [9.17, 15) is 9.59 Å². The van der Waals surface area contributed by atoms with Crippen molar-refractivity contribution in [1.29, 1.82) is 0 Å². The molecule has 0 bridgehead atoms. The number of rotatable bonds is 9. The van der Waals surface area contributed by atoms with Crippen LogP contribution in [0.25, 0.3) is 0 Å². The molecule has 2 amide bonds. The van der Waals surface area contributed by atoms with E-state index in [1.807, 2.05) is 56.3 Å². The zero-order valence-corrected chi connectivity index (χ0v) is 18.3. The standard InChI is InChI=1S/C26H34N2O2/c1-3-24(26(30)27-23-11-7-8-12-23)28(18-17-21-9-5-4-6-10-21)25(29)19-22-15-13-20(2)14-16-22/h4-6,9-10,13-16,23-24H,3,7-8,11-12,17-19H2,1-2H3,(H,27,30)/t24-/m1/s1. The predicted molar refractivity (Wildman–Crippen MR) is 121 cm³/mol. The third-order valence-electron chi connectivity index (χ3n) is 6.05. The average molecular weight is 407 g/mol. The third kappa shape index (κ3) is 6.19. The summed E-state index contributed by atoms with van der Waals surface area (Å²) in [6, 6.07) is 18.1. The van der Waals surface area contributed by atoms with Gasteiger partial charge in [0.05, 0.1) is 6.42 Å². The van der Waals surface area contributed by atoms with Crippen LogP contribution in [0, 0.1) is 6.92 Å².